The van der Waals surface area contributed by atoms with Gasteiger partial charge in [0.15, 0.2) is 5.16 Å². The molecule has 1 saturated heterocycles. The van der Waals surface area contributed by atoms with Crippen molar-refractivity contribution in [3.63, 3.8) is 0 Å². The molecule has 0 atom stereocenters. The Labute approximate surface area is 147 Å². The van der Waals surface area contributed by atoms with Gasteiger partial charge in [-0.1, -0.05) is 43.8 Å². The molecule has 0 radical (unpaired) electrons. The van der Waals surface area contributed by atoms with E-state index in [2.05, 4.69) is 36.2 Å². The van der Waals surface area contributed by atoms with Gasteiger partial charge in [0.2, 0.25) is 5.91 Å². The molecule has 1 aromatic heterocycles. The predicted molar refractivity (Wildman–Crippen MR) is 96.4 cm³/mol. The predicted octanol–water partition coefficient (Wildman–Crippen LogP) is 3.18. The van der Waals surface area contributed by atoms with E-state index < -0.39 is 0 Å². The smallest absolute Gasteiger partial charge is 0.233 e. The fourth-order valence-corrected chi connectivity index (χ4v) is 3.83. The summed E-state index contributed by atoms with van der Waals surface area (Å²) in [5.41, 5.74) is 2.34. The summed E-state index contributed by atoms with van der Waals surface area (Å²) in [6, 6.07) is 8.24. The van der Waals surface area contributed by atoms with Crippen LogP contribution in [0.4, 0.5) is 0 Å². The second kappa shape index (κ2) is 7.83. The fraction of sp³-hybridized carbons (Fsp3) is 0.500. The molecule has 0 N–H and O–H groups in total. The van der Waals surface area contributed by atoms with Gasteiger partial charge in [0, 0.05) is 13.1 Å². The number of piperidine rings is 1. The maximum absolute atomic E-state index is 12.4. The van der Waals surface area contributed by atoms with Crippen LogP contribution in [0.25, 0.3) is 5.69 Å². The van der Waals surface area contributed by atoms with Gasteiger partial charge in [-0.3, -0.25) is 9.36 Å². The first-order valence-corrected chi connectivity index (χ1v) is 9.56. The van der Waals surface area contributed by atoms with Crippen molar-refractivity contribution in [1.29, 1.82) is 0 Å². The highest BCUT2D eigenvalue weighted by Gasteiger charge is 2.21. The van der Waals surface area contributed by atoms with Crippen LogP contribution in [-0.2, 0) is 11.2 Å². The molecule has 1 aliphatic heterocycles. The highest BCUT2D eigenvalue weighted by Crippen LogP contribution is 2.23. The average molecular weight is 344 g/mol. The second-order valence-corrected chi connectivity index (χ2v) is 7.26. The third kappa shape index (κ3) is 3.80. The molecule has 2 aromatic rings. The van der Waals surface area contributed by atoms with Crippen LogP contribution in [0.3, 0.4) is 0 Å². The van der Waals surface area contributed by atoms with Crippen LogP contribution >= 0.6 is 11.8 Å². The standard InChI is InChI=1S/C18H24N4OS/c1-3-15-6-4-5-7-16(15)22-13-19-20-18(22)24-12-17(23)21-10-8-14(2)9-11-21/h4-7,13-14H,3,8-12H2,1-2H3. The minimum absolute atomic E-state index is 0.199. The van der Waals surface area contributed by atoms with Crippen LogP contribution in [0.5, 0.6) is 0 Å². The third-order valence-corrected chi connectivity index (χ3v) is 5.54. The molecule has 0 saturated carbocycles. The van der Waals surface area contributed by atoms with E-state index in [4.69, 9.17) is 0 Å². The van der Waals surface area contributed by atoms with Crippen molar-refractivity contribution in [1.82, 2.24) is 19.7 Å². The van der Waals surface area contributed by atoms with Crippen LogP contribution in [0.15, 0.2) is 35.7 Å². The van der Waals surface area contributed by atoms with Gasteiger partial charge in [-0.15, -0.1) is 10.2 Å². The zero-order chi connectivity index (χ0) is 16.9. The molecule has 128 valence electrons. The number of carbonyl (C=O) groups excluding carboxylic acids is 1. The zero-order valence-electron chi connectivity index (χ0n) is 14.3. The normalized spacial score (nSPS) is 15.7. The summed E-state index contributed by atoms with van der Waals surface area (Å²) >= 11 is 1.47. The number of carbonyl (C=O) groups is 1. The molecule has 5 nitrogen and oxygen atoms in total. The average Bonchev–Trinajstić information content (AvgIpc) is 3.08. The molecule has 3 rings (SSSR count). The number of para-hydroxylation sites is 1. The maximum atomic E-state index is 12.4. The van der Waals surface area contributed by atoms with Gasteiger partial charge >= 0.3 is 0 Å². The van der Waals surface area contributed by atoms with Gasteiger partial charge in [0.05, 0.1) is 11.4 Å². The Hall–Kier alpha value is -1.82. The number of thioether (sulfide) groups is 1. The molecule has 0 aliphatic carbocycles. The number of amides is 1. The summed E-state index contributed by atoms with van der Waals surface area (Å²) < 4.78 is 1.98. The first-order valence-electron chi connectivity index (χ1n) is 8.58. The van der Waals surface area contributed by atoms with Crippen molar-refractivity contribution >= 4 is 17.7 Å². The lowest BCUT2D eigenvalue weighted by molar-refractivity contribution is -0.129. The largest absolute Gasteiger partial charge is 0.342 e. The van der Waals surface area contributed by atoms with Crippen LogP contribution in [0.2, 0.25) is 0 Å². The Morgan fingerprint density at radius 2 is 2.04 bits per heavy atom. The molecule has 6 heteroatoms. The minimum Gasteiger partial charge on any atom is -0.342 e. The number of aromatic nitrogens is 3. The number of hydrogen-bond acceptors (Lipinski definition) is 4. The molecule has 1 fully saturated rings. The lowest BCUT2D eigenvalue weighted by Crippen LogP contribution is -2.38. The SMILES string of the molecule is CCc1ccccc1-n1cnnc1SCC(=O)N1CCC(C)CC1. The number of likely N-dealkylation sites (tertiary alicyclic amines) is 1. The molecule has 1 aromatic carbocycles. The van der Waals surface area contributed by atoms with E-state index in [1.807, 2.05) is 21.6 Å². The third-order valence-electron chi connectivity index (χ3n) is 4.61. The van der Waals surface area contributed by atoms with Gasteiger partial charge in [-0.25, -0.2) is 0 Å². The van der Waals surface area contributed by atoms with Crippen molar-refractivity contribution in [2.75, 3.05) is 18.8 Å². The first-order chi connectivity index (χ1) is 11.7. The molecule has 1 aliphatic rings. The van der Waals surface area contributed by atoms with Gasteiger partial charge in [0.25, 0.3) is 0 Å². The van der Waals surface area contributed by atoms with E-state index in [1.54, 1.807) is 6.33 Å². The lowest BCUT2D eigenvalue weighted by atomic mass is 9.99. The van der Waals surface area contributed by atoms with E-state index in [-0.39, 0.29) is 5.91 Å². The van der Waals surface area contributed by atoms with Gasteiger partial charge in [0.1, 0.15) is 6.33 Å². The topological polar surface area (TPSA) is 51.0 Å². The Kier molecular flexibility index (Phi) is 5.56. The highest BCUT2D eigenvalue weighted by atomic mass is 32.2. The van der Waals surface area contributed by atoms with Crippen LogP contribution in [0.1, 0.15) is 32.3 Å². The Morgan fingerprint density at radius 3 is 2.79 bits per heavy atom. The molecule has 0 spiro atoms. The van der Waals surface area contributed by atoms with Crippen molar-refractivity contribution in [2.24, 2.45) is 5.92 Å². The monoisotopic (exact) mass is 344 g/mol. The van der Waals surface area contributed by atoms with Gasteiger partial charge in [-0.05, 0) is 36.8 Å². The molecule has 0 bridgehead atoms. The lowest BCUT2D eigenvalue weighted by Gasteiger charge is -2.30. The zero-order valence-corrected chi connectivity index (χ0v) is 15.1. The molecular weight excluding hydrogens is 320 g/mol. The molecule has 0 unspecified atom stereocenters. The number of nitrogens with zero attached hydrogens (tertiary/aromatic N) is 4. The van der Waals surface area contributed by atoms with E-state index in [9.17, 15) is 4.79 Å². The van der Waals surface area contributed by atoms with Gasteiger partial charge < -0.3 is 4.90 Å². The summed E-state index contributed by atoms with van der Waals surface area (Å²) in [5.74, 6) is 1.35. The Bertz CT molecular complexity index is 692. The molecule has 1 amide bonds. The molecule has 2 heterocycles. The van der Waals surface area contributed by atoms with Gasteiger partial charge in [-0.2, -0.15) is 0 Å². The summed E-state index contributed by atoms with van der Waals surface area (Å²) in [5, 5.41) is 9.02. The second-order valence-electron chi connectivity index (χ2n) is 6.32. The van der Waals surface area contributed by atoms with Crippen LogP contribution in [0, 0.1) is 5.92 Å². The van der Waals surface area contributed by atoms with Crippen molar-refractivity contribution in [3.8, 4) is 5.69 Å². The minimum atomic E-state index is 0.199. The van der Waals surface area contributed by atoms with E-state index in [0.717, 1.165) is 49.1 Å². The fourth-order valence-electron chi connectivity index (χ4n) is 3.01. The summed E-state index contributed by atoms with van der Waals surface area (Å²) in [6.45, 7) is 6.15. The van der Waals surface area contributed by atoms with E-state index in [1.165, 1.54) is 17.3 Å². The summed E-state index contributed by atoms with van der Waals surface area (Å²) in [7, 11) is 0. The van der Waals surface area contributed by atoms with Crippen molar-refractivity contribution in [2.45, 2.75) is 38.3 Å². The number of rotatable bonds is 5. The maximum Gasteiger partial charge on any atom is 0.233 e. The van der Waals surface area contributed by atoms with Crippen LogP contribution in [-0.4, -0.2) is 44.4 Å². The quantitative estimate of drug-likeness (QED) is 0.782. The Balaban J connectivity index is 1.67. The highest BCUT2D eigenvalue weighted by molar-refractivity contribution is 7.99. The summed E-state index contributed by atoms with van der Waals surface area (Å²) in [6.07, 6.45) is 4.89. The van der Waals surface area contributed by atoms with Crippen molar-refractivity contribution in [3.05, 3.63) is 36.2 Å². The summed E-state index contributed by atoms with van der Waals surface area (Å²) in [4.78, 5) is 14.4. The molecule has 24 heavy (non-hydrogen) atoms. The number of benzene rings is 1. The molecular formula is C18H24N4OS. The first kappa shape index (κ1) is 17.0. The number of hydrogen-bond donors (Lipinski definition) is 0. The Morgan fingerprint density at radius 1 is 1.29 bits per heavy atom. The van der Waals surface area contributed by atoms with Crippen LogP contribution < -0.4 is 0 Å². The van der Waals surface area contributed by atoms with E-state index >= 15 is 0 Å². The van der Waals surface area contributed by atoms with Crippen molar-refractivity contribution < 1.29 is 4.79 Å². The number of aryl methyl sites for hydroxylation is 1. The van der Waals surface area contributed by atoms with E-state index in [0.29, 0.717) is 5.75 Å².